The van der Waals surface area contributed by atoms with Gasteiger partial charge in [-0.2, -0.15) is 8.42 Å². The van der Waals surface area contributed by atoms with E-state index in [2.05, 4.69) is 9.17 Å². The van der Waals surface area contributed by atoms with Gasteiger partial charge in [0.2, 0.25) is 0 Å². The maximum absolute atomic E-state index is 10.8. The van der Waals surface area contributed by atoms with Crippen molar-refractivity contribution in [1.82, 2.24) is 4.98 Å². The summed E-state index contributed by atoms with van der Waals surface area (Å²) >= 11 is 1.38. The number of hydrogen-bond donors (Lipinski definition) is 0. The third-order valence-electron chi connectivity index (χ3n) is 2.02. The second-order valence-electron chi connectivity index (χ2n) is 3.46. The highest BCUT2D eigenvalue weighted by molar-refractivity contribution is 7.85. The van der Waals surface area contributed by atoms with Crippen LogP contribution in [0.1, 0.15) is 5.01 Å². The first kappa shape index (κ1) is 12.2. The van der Waals surface area contributed by atoms with Crippen LogP contribution in [0.5, 0.6) is 0 Å². The van der Waals surface area contributed by atoms with Crippen LogP contribution in [0.2, 0.25) is 0 Å². The monoisotopic (exact) mass is 269 g/mol. The molecule has 90 valence electrons. The van der Waals surface area contributed by atoms with E-state index in [0.29, 0.717) is 5.01 Å². The Morgan fingerprint density at radius 2 is 2.00 bits per heavy atom. The van der Waals surface area contributed by atoms with E-state index in [4.69, 9.17) is 0 Å². The molecule has 0 unspecified atom stereocenters. The maximum atomic E-state index is 10.8. The summed E-state index contributed by atoms with van der Waals surface area (Å²) in [7, 11) is -3.41. The average molecular weight is 269 g/mol. The van der Waals surface area contributed by atoms with E-state index in [-0.39, 0.29) is 6.61 Å². The molecule has 0 spiro atoms. The van der Waals surface area contributed by atoms with E-state index in [0.717, 1.165) is 17.5 Å². The van der Waals surface area contributed by atoms with Gasteiger partial charge in [0.05, 0.1) is 11.9 Å². The molecule has 0 aliphatic rings. The average Bonchev–Trinajstić information content (AvgIpc) is 2.75. The lowest BCUT2D eigenvalue weighted by molar-refractivity contribution is 0.311. The highest BCUT2D eigenvalue weighted by atomic mass is 32.2. The van der Waals surface area contributed by atoms with Gasteiger partial charge >= 0.3 is 0 Å². The molecule has 2 rings (SSSR count). The molecular formula is C11H11NO3S2. The molecule has 2 aromatic rings. The Hall–Kier alpha value is -1.24. The summed E-state index contributed by atoms with van der Waals surface area (Å²) in [5.41, 5.74) is 1.84. The van der Waals surface area contributed by atoms with Crippen molar-refractivity contribution in [3.8, 4) is 11.3 Å². The Kier molecular flexibility index (Phi) is 3.56. The van der Waals surface area contributed by atoms with Gasteiger partial charge in [-0.15, -0.1) is 11.3 Å². The number of hydrogen-bond acceptors (Lipinski definition) is 5. The molecule has 0 saturated carbocycles. The van der Waals surface area contributed by atoms with Gasteiger partial charge in [-0.05, 0) is 0 Å². The fraction of sp³-hybridized carbons (Fsp3) is 0.182. The Labute approximate surface area is 104 Å². The van der Waals surface area contributed by atoms with Crippen LogP contribution < -0.4 is 0 Å². The van der Waals surface area contributed by atoms with Crippen LogP contribution in [-0.2, 0) is 20.9 Å². The molecule has 0 bridgehead atoms. The SMILES string of the molecule is CS(=O)(=O)OCc1nc(-c2ccccc2)cs1. The van der Waals surface area contributed by atoms with Crippen molar-refractivity contribution in [3.05, 3.63) is 40.7 Å². The molecule has 6 heteroatoms. The van der Waals surface area contributed by atoms with E-state index < -0.39 is 10.1 Å². The molecule has 0 N–H and O–H groups in total. The first-order chi connectivity index (χ1) is 8.04. The lowest BCUT2D eigenvalue weighted by Crippen LogP contribution is -2.02. The van der Waals surface area contributed by atoms with Crippen molar-refractivity contribution in [1.29, 1.82) is 0 Å². The molecule has 0 atom stereocenters. The standard InChI is InChI=1S/C11H11NO3S2/c1-17(13,14)15-7-11-12-10(8-16-11)9-5-3-2-4-6-9/h2-6,8H,7H2,1H3. The van der Waals surface area contributed by atoms with Gasteiger partial charge in [-0.1, -0.05) is 30.3 Å². The van der Waals surface area contributed by atoms with Gasteiger partial charge in [0.1, 0.15) is 11.6 Å². The van der Waals surface area contributed by atoms with Crippen molar-refractivity contribution < 1.29 is 12.6 Å². The van der Waals surface area contributed by atoms with Crippen molar-refractivity contribution >= 4 is 21.5 Å². The van der Waals surface area contributed by atoms with Crippen LogP contribution in [0.3, 0.4) is 0 Å². The van der Waals surface area contributed by atoms with Crippen LogP contribution in [0.15, 0.2) is 35.7 Å². The third-order valence-corrected chi connectivity index (χ3v) is 3.39. The van der Waals surface area contributed by atoms with Gasteiger partial charge in [0, 0.05) is 10.9 Å². The number of benzene rings is 1. The largest absolute Gasteiger partial charge is 0.264 e. The van der Waals surface area contributed by atoms with Gasteiger partial charge in [-0.3, -0.25) is 4.18 Å². The minimum absolute atomic E-state index is 0.00364. The number of aromatic nitrogens is 1. The van der Waals surface area contributed by atoms with Crippen LogP contribution >= 0.6 is 11.3 Å². The second-order valence-corrected chi connectivity index (χ2v) is 6.05. The topological polar surface area (TPSA) is 56.3 Å². The summed E-state index contributed by atoms with van der Waals surface area (Å²) in [4.78, 5) is 4.31. The highest BCUT2D eigenvalue weighted by Crippen LogP contribution is 2.22. The molecule has 0 saturated heterocycles. The summed E-state index contributed by atoms with van der Waals surface area (Å²) in [5.74, 6) is 0. The lowest BCUT2D eigenvalue weighted by atomic mass is 10.2. The van der Waals surface area contributed by atoms with Crippen LogP contribution in [0.4, 0.5) is 0 Å². The van der Waals surface area contributed by atoms with Crippen molar-refractivity contribution in [2.45, 2.75) is 6.61 Å². The van der Waals surface area contributed by atoms with Crippen molar-refractivity contribution in [3.63, 3.8) is 0 Å². The van der Waals surface area contributed by atoms with Crippen LogP contribution in [0, 0.1) is 0 Å². The summed E-state index contributed by atoms with van der Waals surface area (Å²) < 4.78 is 26.4. The van der Waals surface area contributed by atoms with E-state index in [1.807, 2.05) is 35.7 Å². The highest BCUT2D eigenvalue weighted by Gasteiger charge is 2.07. The zero-order chi connectivity index (χ0) is 12.3. The molecule has 0 aliphatic carbocycles. The molecule has 0 radical (unpaired) electrons. The molecule has 0 fully saturated rings. The predicted octanol–water partition coefficient (Wildman–Crippen LogP) is 2.29. The van der Waals surface area contributed by atoms with Crippen LogP contribution in [-0.4, -0.2) is 19.7 Å². The molecule has 17 heavy (non-hydrogen) atoms. The fourth-order valence-corrected chi connectivity index (χ4v) is 2.39. The van der Waals surface area contributed by atoms with E-state index in [9.17, 15) is 8.42 Å². The van der Waals surface area contributed by atoms with Gasteiger partial charge in [-0.25, -0.2) is 4.98 Å². The van der Waals surface area contributed by atoms with Gasteiger partial charge in [0.15, 0.2) is 0 Å². The molecular weight excluding hydrogens is 258 g/mol. The Morgan fingerprint density at radius 1 is 1.29 bits per heavy atom. The van der Waals surface area contributed by atoms with E-state index in [1.54, 1.807) is 0 Å². The minimum atomic E-state index is -3.41. The summed E-state index contributed by atoms with van der Waals surface area (Å²) in [6.45, 7) is -0.00364. The molecule has 0 aliphatic heterocycles. The predicted molar refractivity (Wildman–Crippen MR) is 67.2 cm³/mol. The molecule has 0 amide bonds. The Morgan fingerprint density at radius 3 is 2.65 bits per heavy atom. The number of thiazole rings is 1. The number of rotatable bonds is 4. The van der Waals surface area contributed by atoms with Crippen molar-refractivity contribution in [2.75, 3.05) is 6.26 Å². The van der Waals surface area contributed by atoms with Crippen LogP contribution in [0.25, 0.3) is 11.3 Å². The van der Waals surface area contributed by atoms with E-state index >= 15 is 0 Å². The second kappa shape index (κ2) is 4.95. The zero-order valence-corrected chi connectivity index (χ0v) is 10.8. The molecule has 1 heterocycles. The fourth-order valence-electron chi connectivity index (χ4n) is 1.28. The quantitative estimate of drug-likeness (QED) is 0.799. The molecule has 4 nitrogen and oxygen atoms in total. The minimum Gasteiger partial charge on any atom is -0.263 e. The number of nitrogens with zero attached hydrogens (tertiary/aromatic N) is 1. The van der Waals surface area contributed by atoms with E-state index in [1.165, 1.54) is 11.3 Å². The summed E-state index contributed by atoms with van der Waals surface area (Å²) in [5, 5.41) is 2.53. The third kappa shape index (κ3) is 3.62. The molecule has 1 aromatic heterocycles. The zero-order valence-electron chi connectivity index (χ0n) is 9.16. The summed E-state index contributed by atoms with van der Waals surface area (Å²) in [6.07, 6.45) is 1.03. The summed E-state index contributed by atoms with van der Waals surface area (Å²) in [6, 6.07) is 9.71. The maximum Gasteiger partial charge on any atom is 0.264 e. The lowest BCUT2D eigenvalue weighted by Gasteiger charge is -1.97. The Bertz CT molecular complexity index is 590. The first-order valence-corrected chi connectivity index (χ1v) is 7.58. The Balaban J connectivity index is 2.12. The normalized spacial score (nSPS) is 11.6. The molecule has 1 aromatic carbocycles. The first-order valence-electron chi connectivity index (χ1n) is 4.89. The van der Waals surface area contributed by atoms with Gasteiger partial charge < -0.3 is 0 Å². The van der Waals surface area contributed by atoms with Gasteiger partial charge in [0.25, 0.3) is 10.1 Å². The van der Waals surface area contributed by atoms with Crippen molar-refractivity contribution in [2.24, 2.45) is 0 Å². The smallest absolute Gasteiger partial charge is 0.263 e.